The number of benzene rings is 3. The van der Waals surface area contributed by atoms with Crippen molar-refractivity contribution in [3.05, 3.63) is 53.1 Å². The Labute approximate surface area is 173 Å². The third-order valence-electron chi connectivity index (χ3n) is 4.67. The molecule has 0 saturated heterocycles. The van der Waals surface area contributed by atoms with E-state index in [1.54, 1.807) is 6.07 Å². The molecule has 3 aromatic rings. The normalized spacial score (nSPS) is 12.7. The molecule has 0 unspecified atom stereocenters. The molecule has 30 heavy (non-hydrogen) atoms. The van der Waals surface area contributed by atoms with Crippen LogP contribution in [0.15, 0.2) is 56.4 Å². The fraction of sp³-hybridized carbons (Fsp3) is 0.158. The van der Waals surface area contributed by atoms with Crippen molar-refractivity contribution in [3.8, 4) is 5.75 Å². The number of nitrogens with zero attached hydrogens (tertiary/aromatic N) is 2. The van der Waals surface area contributed by atoms with Crippen LogP contribution in [0.2, 0.25) is 0 Å². The zero-order chi connectivity index (χ0) is 22.4. The highest BCUT2D eigenvalue weighted by atomic mass is 32.2. The average Bonchev–Trinajstić information content (AvgIpc) is 2.62. The molecule has 0 spiro atoms. The van der Waals surface area contributed by atoms with Crippen LogP contribution in [-0.4, -0.2) is 31.0 Å². The quantitative estimate of drug-likeness (QED) is 0.394. The lowest BCUT2D eigenvalue weighted by atomic mass is 10.1. The van der Waals surface area contributed by atoms with Crippen molar-refractivity contribution in [2.75, 3.05) is 0 Å². The second-order valence-corrected chi connectivity index (χ2v) is 9.64. The summed E-state index contributed by atoms with van der Waals surface area (Å²) in [5, 5.41) is 18.7. The van der Waals surface area contributed by atoms with Crippen LogP contribution in [0.25, 0.3) is 10.8 Å². The minimum atomic E-state index is -4.86. The number of aromatic hydroxyl groups is 1. The smallest absolute Gasteiger partial charge is 0.298 e. The third-order valence-corrected chi connectivity index (χ3v) is 6.38. The van der Waals surface area contributed by atoms with E-state index in [0.717, 1.165) is 34.9 Å². The summed E-state index contributed by atoms with van der Waals surface area (Å²) in [6, 6.07) is 7.87. The minimum absolute atomic E-state index is 0.00121. The monoisotopic (exact) mass is 450 g/mol. The Hall–Kier alpha value is -2.86. The molecule has 158 valence electrons. The maximum absolute atomic E-state index is 11.7. The van der Waals surface area contributed by atoms with Gasteiger partial charge < -0.3 is 5.11 Å². The molecule has 0 aromatic heterocycles. The Balaban J connectivity index is 2.32. The Morgan fingerprint density at radius 3 is 2.00 bits per heavy atom. The summed E-state index contributed by atoms with van der Waals surface area (Å²) in [5.74, 6) is -0.838. The molecule has 9 nitrogen and oxygen atoms in total. The lowest BCUT2D eigenvalue weighted by molar-refractivity contribution is 0.445. The summed E-state index contributed by atoms with van der Waals surface area (Å²) >= 11 is 0. The van der Waals surface area contributed by atoms with Gasteiger partial charge >= 0.3 is 0 Å². The summed E-state index contributed by atoms with van der Waals surface area (Å²) in [4.78, 5) is -1.36. The van der Waals surface area contributed by atoms with Crippen LogP contribution in [0, 0.1) is 20.8 Å². The van der Waals surface area contributed by atoms with E-state index >= 15 is 0 Å². The molecule has 0 aliphatic carbocycles. The first-order valence-electron chi connectivity index (χ1n) is 8.53. The van der Waals surface area contributed by atoms with Crippen LogP contribution < -0.4 is 0 Å². The number of phenolic OH excluding ortho intramolecular Hbond substituents is 1. The molecule has 0 atom stereocenters. The van der Waals surface area contributed by atoms with E-state index < -0.39 is 35.8 Å². The first-order valence-corrected chi connectivity index (χ1v) is 11.4. The van der Waals surface area contributed by atoms with E-state index in [9.17, 15) is 31.0 Å². The molecule has 0 fully saturated rings. The van der Waals surface area contributed by atoms with Crippen molar-refractivity contribution in [2.45, 2.75) is 30.6 Å². The molecule has 11 heteroatoms. The van der Waals surface area contributed by atoms with Gasteiger partial charge in [-0.25, -0.2) is 0 Å². The van der Waals surface area contributed by atoms with Crippen LogP contribution in [0.3, 0.4) is 0 Å². The van der Waals surface area contributed by atoms with E-state index in [0.29, 0.717) is 5.69 Å². The van der Waals surface area contributed by atoms with Gasteiger partial charge in [0.15, 0.2) is 5.75 Å². The molecule has 3 rings (SSSR count). The van der Waals surface area contributed by atoms with Crippen molar-refractivity contribution in [1.29, 1.82) is 0 Å². The number of hydrogen-bond donors (Lipinski definition) is 3. The molecular formula is C19H18N2O7S2. The SMILES string of the molecule is Cc1cc(C)c(N=Nc2c(O)c(S(=O)(=O)O)cc3cc(S(=O)(=O)O)ccc23)cc1C. The van der Waals surface area contributed by atoms with Crippen LogP contribution in [0.4, 0.5) is 11.4 Å². The largest absolute Gasteiger partial charge is 0.504 e. The number of hydrogen-bond acceptors (Lipinski definition) is 7. The van der Waals surface area contributed by atoms with Crippen molar-refractivity contribution in [2.24, 2.45) is 10.2 Å². The zero-order valence-electron chi connectivity index (χ0n) is 16.1. The highest BCUT2D eigenvalue weighted by Crippen LogP contribution is 2.42. The number of fused-ring (bicyclic) bond motifs is 1. The highest BCUT2D eigenvalue weighted by Gasteiger charge is 2.23. The second kappa shape index (κ2) is 7.43. The van der Waals surface area contributed by atoms with Gasteiger partial charge in [0.1, 0.15) is 10.6 Å². The molecule has 0 bridgehead atoms. The van der Waals surface area contributed by atoms with Crippen LogP contribution in [0.1, 0.15) is 16.7 Å². The number of aryl methyl sites for hydroxylation is 3. The predicted octanol–water partition coefficient (Wildman–Crippen LogP) is 4.38. The van der Waals surface area contributed by atoms with Gasteiger partial charge in [-0.2, -0.15) is 21.9 Å². The maximum Gasteiger partial charge on any atom is 0.298 e. The van der Waals surface area contributed by atoms with E-state index in [2.05, 4.69) is 10.2 Å². The van der Waals surface area contributed by atoms with Crippen LogP contribution in [0.5, 0.6) is 5.75 Å². The standard InChI is InChI=1S/C19H18N2O7S2/c1-10-6-12(3)16(7-11(10)2)20-21-18-15-5-4-14(29(23,24)25)8-13(15)9-17(19(18)22)30(26,27)28/h4-9,22H,1-3H3,(H,23,24,25)(H,26,27,28). The van der Waals surface area contributed by atoms with Gasteiger partial charge in [0.25, 0.3) is 20.2 Å². The summed E-state index contributed by atoms with van der Waals surface area (Å²) in [6.45, 7) is 5.63. The van der Waals surface area contributed by atoms with Crippen molar-refractivity contribution in [3.63, 3.8) is 0 Å². The van der Waals surface area contributed by atoms with Crippen molar-refractivity contribution >= 4 is 42.4 Å². The predicted molar refractivity (Wildman–Crippen MR) is 110 cm³/mol. The molecule has 0 radical (unpaired) electrons. The van der Waals surface area contributed by atoms with E-state index in [4.69, 9.17) is 0 Å². The van der Waals surface area contributed by atoms with Gasteiger partial charge in [0, 0.05) is 5.39 Å². The fourth-order valence-electron chi connectivity index (χ4n) is 2.94. The van der Waals surface area contributed by atoms with Gasteiger partial charge in [0.2, 0.25) is 0 Å². The van der Waals surface area contributed by atoms with Gasteiger partial charge in [-0.05, 0) is 67.1 Å². The van der Waals surface area contributed by atoms with Crippen LogP contribution in [-0.2, 0) is 20.2 Å². The van der Waals surface area contributed by atoms with Gasteiger partial charge in [-0.15, -0.1) is 5.11 Å². The molecular weight excluding hydrogens is 432 g/mol. The highest BCUT2D eigenvalue weighted by molar-refractivity contribution is 7.86. The fourth-order valence-corrected chi connectivity index (χ4v) is 4.08. The molecule has 0 saturated carbocycles. The molecule has 3 N–H and O–H groups in total. The Morgan fingerprint density at radius 1 is 0.767 bits per heavy atom. The van der Waals surface area contributed by atoms with Crippen LogP contribution >= 0.6 is 0 Å². The lowest BCUT2D eigenvalue weighted by Gasteiger charge is -2.10. The Kier molecular flexibility index (Phi) is 5.41. The summed E-state index contributed by atoms with van der Waals surface area (Å²) < 4.78 is 64.9. The maximum atomic E-state index is 11.7. The summed E-state index contributed by atoms with van der Waals surface area (Å²) in [7, 11) is -9.43. The third kappa shape index (κ3) is 4.19. The van der Waals surface area contributed by atoms with E-state index in [1.807, 2.05) is 26.8 Å². The summed E-state index contributed by atoms with van der Waals surface area (Å²) in [5.41, 5.74) is 3.00. The summed E-state index contributed by atoms with van der Waals surface area (Å²) in [6.07, 6.45) is 0. The van der Waals surface area contributed by atoms with Gasteiger partial charge in [-0.1, -0.05) is 12.1 Å². The number of rotatable bonds is 4. The number of phenols is 1. The molecule has 0 aliphatic rings. The van der Waals surface area contributed by atoms with Gasteiger partial charge in [0.05, 0.1) is 10.6 Å². The minimum Gasteiger partial charge on any atom is -0.504 e. The molecule has 0 heterocycles. The lowest BCUT2D eigenvalue weighted by Crippen LogP contribution is -2.00. The first kappa shape index (κ1) is 21.8. The molecule has 0 aliphatic heterocycles. The van der Waals surface area contributed by atoms with Crippen molar-refractivity contribution in [1.82, 2.24) is 0 Å². The van der Waals surface area contributed by atoms with E-state index in [1.165, 1.54) is 6.07 Å². The van der Waals surface area contributed by atoms with Gasteiger partial charge in [-0.3, -0.25) is 9.11 Å². The Morgan fingerprint density at radius 2 is 1.40 bits per heavy atom. The average molecular weight is 450 g/mol. The molecule has 0 amide bonds. The van der Waals surface area contributed by atoms with E-state index in [-0.39, 0.29) is 16.5 Å². The molecule has 3 aromatic carbocycles. The zero-order valence-corrected chi connectivity index (χ0v) is 17.8. The number of azo groups is 1. The first-order chi connectivity index (χ1) is 13.8. The second-order valence-electron chi connectivity index (χ2n) is 6.83. The topological polar surface area (TPSA) is 154 Å². The Bertz CT molecular complexity index is 1430. The van der Waals surface area contributed by atoms with Crippen molar-refractivity contribution < 1.29 is 31.0 Å².